The number of nitrogens with one attached hydrogen (secondary N) is 1. The maximum atomic E-state index is 13.0. The van der Waals surface area contributed by atoms with Crippen LogP contribution >= 0.6 is 0 Å². The maximum absolute atomic E-state index is 13.0. The van der Waals surface area contributed by atoms with Gasteiger partial charge in [0.1, 0.15) is 17.3 Å². The van der Waals surface area contributed by atoms with E-state index in [0.29, 0.717) is 29.5 Å². The van der Waals surface area contributed by atoms with Crippen LogP contribution in [0.2, 0.25) is 0 Å². The summed E-state index contributed by atoms with van der Waals surface area (Å²) in [4.78, 5) is 12.3. The standard InChI is InChI=1S/C22H26FNO4/c1-26-15-27-19-10-4-17(5-11-19)22(25)24-14-16-2-8-20(9-3-16)28-21-12-6-18(23)7-13-21/h4-7,10-13,16,20H,2-3,8-9,14-15H2,1H3,(H,24,25). The second-order valence-corrected chi connectivity index (χ2v) is 7.00. The molecular weight excluding hydrogens is 361 g/mol. The highest BCUT2D eigenvalue weighted by molar-refractivity contribution is 5.94. The molecule has 3 rings (SSSR count). The number of ether oxygens (including phenoxy) is 3. The molecule has 1 amide bonds. The highest BCUT2D eigenvalue weighted by atomic mass is 19.1. The molecule has 0 spiro atoms. The summed E-state index contributed by atoms with van der Waals surface area (Å²) in [5.41, 5.74) is 0.609. The van der Waals surface area contributed by atoms with Crippen molar-refractivity contribution in [2.75, 3.05) is 20.4 Å². The van der Waals surface area contributed by atoms with Crippen molar-refractivity contribution in [2.45, 2.75) is 31.8 Å². The van der Waals surface area contributed by atoms with Gasteiger partial charge in [0.05, 0.1) is 6.10 Å². The molecule has 1 saturated carbocycles. The molecule has 1 fully saturated rings. The van der Waals surface area contributed by atoms with Gasteiger partial charge >= 0.3 is 0 Å². The van der Waals surface area contributed by atoms with Gasteiger partial charge in [-0.1, -0.05) is 0 Å². The van der Waals surface area contributed by atoms with Crippen LogP contribution in [-0.2, 0) is 4.74 Å². The van der Waals surface area contributed by atoms with Crippen molar-refractivity contribution in [1.29, 1.82) is 0 Å². The number of carbonyl (C=O) groups is 1. The zero-order chi connectivity index (χ0) is 19.8. The van der Waals surface area contributed by atoms with Gasteiger partial charge in [0.2, 0.25) is 0 Å². The summed E-state index contributed by atoms with van der Waals surface area (Å²) >= 11 is 0. The fourth-order valence-corrected chi connectivity index (χ4v) is 3.33. The quantitative estimate of drug-likeness (QED) is 0.691. The second kappa shape index (κ2) is 10.1. The Hall–Kier alpha value is -2.60. The highest BCUT2D eigenvalue weighted by Crippen LogP contribution is 2.27. The molecule has 0 bridgehead atoms. The maximum Gasteiger partial charge on any atom is 0.251 e. The third-order valence-electron chi connectivity index (χ3n) is 4.92. The lowest BCUT2D eigenvalue weighted by Crippen LogP contribution is -2.33. The second-order valence-electron chi connectivity index (χ2n) is 7.00. The Kier molecular flexibility index (Phi) is 7.25. The normalized spacial score (nSPS) is 19.1. The van der Waals surface area contributed by atoms with E-state index in [-0.39, 0.29) is 24.6 Å². The topological polar surface area (TPSA) is 56.8 Å². The molecule has 0 aromatic heterocycles. The van der Waals surface area contributed by atoms with Crippen molar-refractivity contribution in [3.63, 3.8) is 0 Å². The number of hydrogen-bond donors (Lipinski definition) is 1. The number of halogens is 1. The average molecular weight is 387 g/mol. The Balaban J connectivity index is 1.38. The van der Waals surface area contributed by atoms with E-state index < -0.39 is 0 Å². The lowest BCUT2D eigenvalue weighted by atomic mass is 9.87. The summed E-state index contributed by atoms with van der Waals surface area (Å²) in [7, 11) is 1.56. The van der Waals surface area contributed by atoms with Crippen LogP contribution < -0.4 is 14.8 Å². The third kappa shape index (κ3) is 5.96. The van der Waals surface area contributed by atoms with E-state index in [1.807, 2.05) is 0 Å². The molecule has 0 atom stereocenters. The van der Waals surface area contributed by atoms with Gasteiger partial charge in [-0.2, -0.15) is 0 Å². The first-order chi connectivity index (χ1) is 13.6. The molecule has 0 radical (unpaired) electrons. The van der Waals surface area contributed by atoms with Crippen LogP contribution in [0.3, 0.4) is 0 Å². The van der Waals surface area contributed by atoms with Gasteiger partial charge in [-0.15, -0.1) is 0 Å². The van der Waals surface area contributed by atoms with Crippen LogP contribution in [0.15, 0.2) is 48.5 Å². The van der Waals surface area contributed by atoms with Crippen LogP contribution in [0.25, 0.3) is 0 Å². The van der Waals surface area contributed by atoms with Crippen LogP contribution in [0.5, 0.6) is 11.5 Å². The molecule has 6 heteroatoms. The predicted octanol–water partition coefficient (Wildman–Crippen LogP) is 4.18. The molecule has 1 N–H and O–H groups in total. The summed E-state index contributed by atoms with van der Waals surface area (Å²) in [5.74, 6) is 1.47. The number of rotatable bonds is 8. The van der Waals surface area contributed by atoms with E-state index in [1.54, 1.807) is 43.5 Å². The Morgan fingerprint density at radius 2 is 1.64 bits per heavy atom. The minimum atomic E-state index is -0.260. The van der Waals surface area contributed by atoms with Crippen molar-refractivity contribution >= 4 is 5.91 Å². The van der Waals surface area contributed by atoms with E-state index in [9.17, 15) is 9.18 Å². The van der Waals surface area contributed by atoms with Crippen LogP contribution in [0.4, 0.5) is 4.39 Å². The molecule has 2 aromatic rings. The molecule has 0 heterocycles. The highest BCUT2D eigenvalue weighted by Gasteiger charge is 2.23. The summed E-state index contributed by atoms with van der Waals surface area (Å²) < 4.78 is 29.0. The lowest BCUT2D eigenvalue weighted by molar-refractivity contribution is 0.0511. The Bertz CT molecular complexity index is 740. The Morgan fingerprint density at radius 1 is 1.00 bits per heavy atom. The van der Waals surface area contributed by atoms with Gasteiger partial charge in [0.15, 0.2) is 6.79 Å². The zero-order valence-corrected chi connectivity index (χ0v) is 16.0. The van der Waals surface area contributed by atoms with Crippen molar-refractivity contribution in [2.24, 2.45) is 5.92 Å². The first kappa shape index (κ1) is 20.1. The number of benzene rings is 2. The summed E-state index contributed by atoms with van der Waals surface area (Å²) in [5, 5.41) is 3.02. The van der Waals surface area contributed by atoms with Gasteiger partial charge in [-0.25, -0.2) is 4.39 Å². The smallest absolute Gasteiger partial charge is 0.251 e. The zero-order valence-electron chi connectivity index (χ0n) is 16.0. The molecule has 1 aliphatic carbocycles. The first-order valence-electron chi connectivity index (χ1n) is 9.56. The van der Waals surface area contributed by atoms with Crippen LogP contribution in [0.1, 0.15) is 36.0 Å². The van der Waals surface area contributed by atoms with Gasteiger partial charge in [0.25, 0.3) is 5.91 Å². The SMILES string of the molecule is COCOc1ccc(C(=O)NCC2CCC(Oc3ccc(F)cc3)CC2)cc1. The summed E-state index contributed by atoms with van der Waals surface area (Å²) in [6.07, 6.45) is 4.01. The van der Waals surface area contributed by atoms with E-state index in [2.05, 4.69) is 5.32 Å². The Labute approximate surface area is 164 Å². The fraction of sp³-hybridized carbons (Fsp3) is 0.409. The molecule has 2 aromatic carbocycles. The molecule has 0 aliphatic heterocycles. The van der Waals surface area contributed by atoms with Crippen LogP contribution in [-0.4, -0.2) is 32.5 Å². The number of carbonyl (C=O) groups excluding carboxylic acids is 1. The van der Waals surface area contributed by atoms with E-state index >= 15 is 0 Å². The fourth-order valence-electron chi connectivity index (χ4n) is 3.33. The molecule has 0 unspecified atom stereocenters. The predicted molar refractivity (Wildman–Crippen MR) is 104 cm³/mol. The van der Waals surface area contributed by atoms with Crippen molar-refractivity contribution in [3.05, 3.63) is 59.9 Å². The molecule has 150 valence electrons. The first-order valence-corrected chi connectivity index (χ1v) is 9.56. The summed E-state index contributed by atoms with van der Waals surface area (Å²) in [6.45, 7) is 0.836. The lowest BCUT2D eigenvalue weighted by Gasteiger charge is -2.29. The minimum absolute atomic E-state index is 0.0806. The average Bonchev–Trinajstić information content (AvgIpc) is 2.73. The number of amides is 1. The summed E-state index contributed by atoms with van der Waals surface area (Å²) in [6, 6.07) is 13.1. The molecular formula is C22H26FNO4. The Morgan fingerprint density at radius 3 is 2.29 bits per heavy atom. The molecule has 5 nitrogen and oxygen atoms in total. The number of hydrogen-bond acceptors (Lipinski definition) is 4. The van der Waals surface area contributed by atoms with Gasteiger partial charge < -0.3 is 19.5 Å². The van der Waals surface area contributed by atoms with Crippen LogP contribution in [0, 0.1) is 11.7 Å². The van der Waals surface area contributed by atoms with E-state index in [0.717, 1.165) is 25.7 Å². The molecule has 28 heavy (non-hydrogen) atoms. The molecule has 0 saturated heterocycles. The molecule has 1 aliphatic rings. The van der Waals surface area contributed by atoms with Crippen molar-refractivity contribution < 1.29 is 23.4 Å². The van der Waals surface area contributed by atoms with E-state index in [1.165, 1.54) is 12.1 Å². The van der Waals surface area contributed by atoms with Gasteiger partial charge in [-0.3, -0.25) is 4.79 Å². The van der Waals surface area contributed by atoms with Gasteiger partial charge in [-0.05, 0) is 80.1 Å². The third-order valence-corrected chi connectivity index (χ3v) is 4.92. The monoisotopic (exact) mass is 387 g/mol. The minimum Gasteiger partial charge on any atom is -0.490 e. The van der Waals surface area contributed by atoms with E-state index in [4.69, 9.17) is 14.2 Å². The van der Waals surface area contributed by atoms with Crippen molar-refractivity contribution in [3.8, 4) is 11.5 Å². The number of methoxy groups -OCH3 is 1. The van der Waals surface area contributed by atoms with Gasteiger partial charge in [0, 0.05) is 19.2 Å². The van der Waals surface area contributed by atoms with Crippen molar-refractivity contribution in [1.82, 2.24) is 5.32 Å². The largest absolute Gasteiger partial charge is 0.490 e.